The molecule has 0 aromatic rings. The van der Waals surface area contributed by atoms with Crippen molar-refractivity contribution in [2.45, 2.75) is 109 Å². The van der Waals surface area contributed by atoms with Gasteiger partial charge in [-0.25, -0.2) is 0 Å². The van der Waals surface area contributed by atoms with Crippen molar-refractivity contribution in [1.29, 1.82) is 0 Å². The van der Waals surface area contributed by atoms with Gasteiger partial charge in [0.1, 0.15) is 0 Å². The summed E-state index contributed by atoms with van der Waals surface area (Å²) in [5.41, 5.74) is 11.3. The van der Waals surface area contributed by atoms with Crippen molar-refractivity contribution >= 4 is 5.91 Å². The number of amides is 1. The van der Waals surface area contributed by atoms with Gasteiger partial charge in [0.25, 0.3) is 0 Å². The molecular weight excluding hydrogens is 298 g/mol. The monoisotopic (exact) mass is 341 g/mol. The number of nitrogens with one attached hydrogen (secondary N) is 1. The zero-order chi connectivity index (χ0) is 17.9. The molecule has 0 heterocycles. The summed E-state index contributed by atoms with van der Waals surface area (Å²) in [7, 11) is 0. The van der Waals surface area contributed by atoms with Crippen molar-refractivity contribution in [3.05, 3.63) is 0 Å². The first-order chi connectivity index (χ1) is 11.7. The van der Waals surface area contributed by atoms with Crippen molar-refractivity contribution < 1.29 is 4.79 Å². The zero-order valence-electron chi connectivity index (χ0n) is 16.2. The summed E-state index contributed by atoms with van der Waals surface area (Å²) in [6, 6.07) is -0.367. The SMILES string of the molecule is CCCCCCCCCCCCCCNC(=O)C(N)CCCCN. The topological polar surface area (TPSA) is 81.1 Å². The summed E-state index contributed by atoms with van der Waals surface area (Å²) in [5.74, 6) is -0.00454. The van der Waals surface area contributed by atoms with Crippen LogP contribution in [0.4, 0.5) is 0 Å². The molecule has 1 amide bonds. The highest BCUT2D eigenvalue weighted by Crippen LogP contribution is 2.11. The molecule has 4 heteroatoms. The molecule has 5 N–H and O–H groups in total. The predicted octanol–water partition coefficient (Wildman–Crippen LogP) is 4.26. The van der Waals surface area contributed by atoms with Gasteiger partial charge in [-0.1, -0.05) is 84.0 Å². The molecule has 0 rings (SSSR count). The molecule has 0 spiro atoms. The minimum absolute atomic E-state index is 0.00454. The van der Waals surface area contributed by atoms with Crippen LogP contribution in [0.25, 0.3) is 0 Å². The van der Waals surface area contributed by atoms with Crippen molar-refractivity contribution in [3.8, 4) is 0 Å². The molecule has 144 valence electrons. The van der Waals surface area contributed by atoms with Crippen LogP contribution >= 0.6 is 0 Å². The minimum atomic E-state index is -0.367. The number of carbonyl (C=O) groups excluding carboxylic acids is 1. The average Bonchev–Trinajstić information content (AvgIpc) is 2.58. The second-order valence-corrected chi connectivity index (χ2v) is 7.07. The van der Waals surface area contributed by atoms with E-state index < -0.39 is 0 Å². The number of rotatable bonds is 18. The molecular formula is C20H43N3O. The molecule has 0 aliphatic rings. The van der Waals surface area contributed by atoms with Crippen LogP contribution in [0.5, 0.6) is 0 Å². The summed E-state index contributed by atoms with van der Waals surface area (Å²) in [5, 5.41) is 2.95. The number of carbonyl (C=O) groups is 1. The van der Waals surface area contributed by atoms with E-state index in [9.17, 15) is 4.79 Å². The maximum absolute atomic E-state index is 11.8. The van der Waals surface area contributed by atoms with Crippen molar-refractivity contribution in [1.82, 2.24) is 5.32 Å². The molecule has 0 fully saturated rings. The van der Waals surface area contributed by atoms with Gasteiger partial charge < -0.3 is 16.8 Å². The summed E-state index contributed by atoms with van der Waals surface area (Å²) in [6.07, 6.45) is 18.7. The van der Waals surface area contributed by atoms with E-state index in [0.29, 0.717) is 6.54 Å². The number of hydrogen-bond donors (Lipinski definition) is 3. The van der Waals surface area contributed by atoms with Crippen LogP contribution in [0.2, 0.25) is 0 Å². The molecule has 0 aromatic carbocycles. The minimum Gasteiger partial charge on any atom is -0.355 e. The van der Waals surface area contributed by atoms with Gasteiger partial charge in [0.05, 0.1) is 6.04 Å². The summed E-state index contributed by atoms with van der Waals surface area (Å²) >= 11 is 0. The lowest BCUT2D eigenvalue weighted by molar-refractivity contribution is -0.122. The van der Waals surface area contributed by atoms with E-state index in [4.69, 9.17) is 11.5 Å². The zero-order valence-corrected chi connectivity index (χ0v) is 16.2. The maximum Gasteiger partial charge on any atom is 0.236 e. The van der Waals surface area contributed by atoms with Gasteiger partial charge in [-0.2, -0.15) is 0 Å². The van der Waals surface area contributed by atoms with Crippen LogP contribution in [-0.2, 0) is 4.79 Å². The number of hydrogen-bond acceptors (Lipinski definition) is 3. The average molecular weight is 342 g/mol. The highest BCUT2D eigenvalue weighted by Gasteiger charge is 2.11. The van der Waals surface area contributed by atoms with Gasteiger partial charge in [-0.15, -0.1) is 0 Å². The van der Waals surface area contributed by atoms with Gasteiger partial charge in [0.15, 0.2) is 0 Å². The third kappa shape index (κ3) is 16.3. The highest BCUT2D eigenvalue weighted by molar-refractivity contribution is 5.81. The van der Waals surface area contributed by atoms with Crippen LogP contribution in [0.1, 0.15) is 103 Å². The molecule has 24 heavy (non-hydrogen) atoms. The van der Waals surface area contributed by atoms with Crippen LogP contribution in [0.3, 0.4) is 0 Å². The Bertz CT molecular complexity index is 272. The Balaban J connectivity index is 3.23. The van der Waals surface area contributed by atoms with Crippen LogP contribution < -0.4 is 16.8 Å². The van der Waals surface area contributed by atoms with E-state index in [2.05, 4.69) is 12.2 Å². The Hall–Kier alpha value is -0.610. The van der Waals surface area contributed by atoms with Gasteiger partial charge in [-0.05, 0) is 25.8 Å². The van der Waals surface area contributed by atoms with E-state index in [1.54, 1.807) is 0 Å². The Kier molecular flexibility index (Phi) is 18.2. The molecule has 0 aromatic heterocycles. The molecule has 0 radical (unpaired) electrons. The van der Waals surface area contributed by atoms with Gasteiger partial charge in [-0.3, -0.25) is 4.79 Å². The third-order valence-electron chi connectivity index (χ3n) is 4.64. The fourth-order valence-corrected chi connectivity index (χ4v) is 2.95. The van der Waals surface area contributed by atoms with E-state index in [0.717, 1.165) is 32.2 Å². The maximum atomic E-state index is 11.8. The lowest BCUT2D eigenvalue weighted by Gasteiger charge is -2.11. The second-order valence-electron chi connectivity index (χ2n) is 7.07. The molecule has 0 aliphatic carbocycles. The molecule has 0 saturated heterocycles. The molecule has 0 aliphatic heterocycles. The lowest BCUT2D eigenvalue weighted by Crippen LogP contribution is -2.40. The molecule has 0 bridgehead atoms. The molecule has 1 unspecified atom stereocenters. The van der Waals surface area contributed by atoms with E-state index in [1.165, 1.54) is 70.6 Å². The normalized spacial score (nSPS) is 12.3. The standard InChI is InChI=1S/C20H43N3O/c1-2-3-4-5-6-7-8-9-10-11-12-15-18-23-20(24)19(22)16-13-14-17-21/h19H,2-18,21-22H2,1H3,(H,23,24). The van der Waals surface area contributed by atoms with Crippen molar-refractivity contribution in [2.75, 3.05) is 13.1 Å². The fraction of sp³-hybridized carbons (Fsp3) is 0.950. The Morgan fingerprint density at radius 1 is 0.792 bits per heavy atom. The van der Waals surface area contributed by atoms with Gasteiger partial charge >= 0.3 is 0 Å². The van der Waals surface area contributed by atoms with E-state index >= 15 is 0 Å². The summed E-state index contributed by atoms with van der Waals surface area (Å²) in [4.78, 5) is 11.8. The van der Waals surface area contributed by atoms with Crippen molar-refractivity contribution in [3.63, 3.8) is 0 Å². The number of nitrogens with two attached hydrogens (primary N) is 2. The largest absolute Gasteiger partial charge is 0.355 e. The van der Waals surface area contributed by atoms with Gasteiger partial charge in [0, 0.05) is 6.54 Å². The lowest BCUT2D eigenvalue weighted by atomic mass is 10.1. The van der Waals surface area contributed by atoms with Gasteiger partial charge in [0.2, 0.25) is 5.91 Å². The van der Waals surface area contributed by atoms with Crippen molar-refractivity contribution in [2.24, 2.45) is 11.5 Å². The second kappa shape index (κ2) is 18.7. The molecule has 4 nitrogen and oxygen atoms in total. The summed E-state index contributed by atoms with van der Waals surface area (Å²) < 4.78 is 0. The summed E-state index contributed by atoms with van der Waals surface area (Å²) in [6.45, 7) is 3.71. The first-order valence-corrected chi connectivity index (χ1v) is 10.5. The first-order valence-electron chi connectivity index (χ1n) is 10.5. The first kappa shape index (κ1) is 23.4. The fourth-order valence-electron chi connectivity index (χ4n) is 2.95. The Morgan fingerprint density at radius 2 is 1.29 bits per heavy atom. The number of unbranched alkanes of at least 4 members (excludes halogenated alkanes) is 12. The van der Waals surface area contributed by atoms with Crippen LogP contribution in [-0.4, -0.2) is 25.0 Å². The van der Waals surface area contributed by atoms with E-state index in [-0.39, 0.29) is 11.9 Å². The molecule has 1 atom stereocenters. The Labute approximate surface area is 150 Å². The highest BCUT2D eigenvalue weighted by atomic mass is 16.2. The predicted molar refractivity (Wildman–Crippen MR) is 105 cm³/mol. The quantitative estimate of drug-likeness (QED) is 0.326. The molecule has 0 saturated carbocycles. The van der Waals surface area contributed by atoms with Crippen LogP contribution in [0, 0.1) is 0 Å². The third-order valence-corrected chi connectivity index (χ3v) is 4.64. The smallest absolute Gasteiger partial charge is 0.236 e. The Morgan fingerprint density at radius 3 is 1.79 bits per heavy atom. The van der Waals surface area contributed by atoms with Crippen LogP contribution in [0.15, 0.2) is 0 Å². The van der Waals surface area contributed by atoms with E-state index in [1.807, 2.05) is 0 Å².